The van der Waals surface area contributed by atoms with Crippen molar-refractivity contribution in [3.8, 4) is 5.75 Å². The third kappa shape index (κ3) is 2.42. The maximum Gasteiger partial charge on any atom is 0.294 e. The van der Waals surface area contributed by atoms with E-state index < -0.39 is 5.91 Å². The summed E-state index contributed by atoms with van der Waals surface area (Å²) in [7, 11) is 0. The molecule has 0 fully saturated rings. The van der Waals surface area contributed by atoms with Crippen molar-refractivity contribution in [2.24, 2.45) is 0 Å². The van der Waals surface area contributed by atoms with Gasteiger partial charge in [0.1, 0.15) is 0 Å². The van der Waals surface area contributed by atoms with E-state index in [0.717, 1.165) is 0 Å². The summed E-state index contributed by atoms with van der Waals surface area (Å²) >= 11 is 11.5. The van der Waals surface area contributed by atoms with E-state index in [1.165, 1.54) is 18.3 Å². The Bertz CT molecular complexity index is 610. The number of aromatic hydroxyl groups is 1. The lowest BCUT2D eigenvalue weighted by atomic mass is 10.2. The van der Waals surface area contributed by atoms with Crippen molar-refractivity contribution in [1.82, 2.24) is 5.16 Å². The Morgan fingerprint density at radius 3 is 2.78 bits per heavy atom. The Labute approximate surface area is 112 Å². The van der Waals surface area contributed by atoms with E-state index in [4.69, 9.17) is 27.7 Å². The Balaban J connectivity index is 2.30. The molecular formula is C11H8Cl2N2O3. The third-order valence-corrected chi connectivity index (χ3v) is 2.74. The van der Waals surface area contributed by atoms with Crippen molar-refractivity contribution in [3.63, 3.8) is 0 Å². The lowest BCUT2D eigenvalue weighted by Crippen LogP contribution is -2.12. The average molecular weight is 287 g/mol. The summed E-state index contributed by atoms with van der Waals surface area (Å²) in [5.74, 6) is -0.740. The Morgan fingerprint density at radius 1 is 1.44 bits per heavy atom. The zero-order chi connectivity index (χ0) is 13.3. The van der Waals surface area contributed by atoms with Crippen molar-refractivity contribution < 1.29 is 14.4 Å². The van der Waals surface area contributed by atoms with E-state index >= 15 is 0 Å². The summed E-state index contributed by atoms with van der Waals surface area (Å²) in [4.78, 5) is 11.8. The van der Waals surface area contributed by atoms with Gasteiger partial charge in [-0.2, -0.15) is 0 Å². The zero-order valence-corrected chi connectivity index (χ0v) is 10.7. The van der Waals surface area contributed by atoms with Gasteiger partial charge in [0, 0.05) is 10.6 Å². The minimum atomic E-state index is -0.543. The van der Waals surface area contributed by atoms with Crippen LogP contribution in [0.15, 0.2) is 22.9 Å². The van der Waals surface area contributed by atoms with Crippen LogP contribution in [0.5, 0.6) is 5.75 Å². The number of nitrogens with one attached hydrogen (secondary N) is 1. The van der Waals surface area contributed by atoms with E-state index in [0.29, 0.717) is 10.6 Å². The van der Waals surface area contributed by atoms with Crippen LogP contribution < -0.4 is 5.32 Å². The van der Waals surface area contributed by atoms with Crippen LogP contribution in [0.3, 0.4) is 0 Å². The number of amides is 1. The van der Waals surface area contributed by atoms with Gasteiger partial charge in [0.25, 0.3) is 5.91 Å². The molecular weight excluding hydrogens is 279 g/mol. The van der Waals surface area contributed by atoms with Crippen LogP contribution in [-0.4, -0.2) is 16.2 Å². The van der Waals surface area contributed by atoms with Crippen molar-refractivity contribution >= 4 is 34.8 Å². The van der Waals surface area contributed by atoms with Gasteiger partial charge in [-0.15, -0.1) is 0 Å². The largest absolute Gasteiger partial charge is 0.504 e. The molecule has 0 spiro atoms. The molecule has 0 aliphatic carbocycles. The molecule has 1 heterocycles. The number of hydrogen-bond donors (Lipinski definition) is 2. The van der Waals surface area contributed by atoms with Gasteiger partial charge in [0.2, 0.25) is 5.76 Å². The summed E-state index contributed by atoms with van der Waals surface area (Å²) in [5, 5.41) is 16.0. The molecule has 0 bridgehead atoms. The third-order valence-electron chi connectivity index (χ3n) is 2.23. The standard InChI is InChI=1S/C11H8Cl2N2O3/c1-5-4-14-18-10(5)11(17)15-8-3-6(12)2-7(13)9(8)16/h2-4,16H,1H3,(H,15,17). The molecule has 94 valence electrons. The Morgan fingerprint density at radius 2 is 2.17 bits per heavy atom. The summed E-state index contributed by atoms with van der Waals surface area (Å²) in [6.45, 7) is 1.68. The summed E-state index contributed by atoms with van der Waals surface area (Å²) in [5.41, 5.74) is 0.688. The van der Waals surface area contributed by atoms with Crippen LogP contribution in [0, 0.1) is 6.92 Å². The number of aryl methyl sites for hydroxylation is 1. The topological polar surface area (TPSA) is 75.4 Å². The molecule has 1 amide bonds. The second-order valence-electron chi connectivity index (χ2n) is 3.58. The average Bonchev–Trinajstić information content (AvgIpc) is 2.71. The molecule has 0 unspecified atom stereocenters. The van der Waals surface area contributed by atoms with Crippen LogP contribution in [0.25, 0.3) is 0 Å². The number of carbonyl (C=O) groups excluding carboxylic acids is 1. The van der Waals surface area contributed by atoms with Crippen LogP contribution in [0.2, 0.25) is 10.0 Å². The molecule has 0 saturated carbocycles. The molecule has 7 heteroatoms. The molecule has 2 rings (SSSR count). The molecule has 18 heavy (non-hydrogen) atoms. The number of hydrogen-bond acceptors (Lipinski definition) is 4. The van der Waals surface area contributed by atoms with Gasteiger partial charge < -0.3 is 14.9 Å². The number of phenolic OH excluding ortho intramolecular Hbond substituents is 1. The van der Waals surface area contributed by atoms with Crippen molar-refractivity contribution in [1.29, 1.82) is 0 Å². The predicted octanol–water partition coefficient (Wildman–Crippen LogP) is 3.25. The second-order valence-corrected chi connectivity index (χ2v) is 4.42. The summed E-state index contributed by atoms with van der Waals surface area (Å²) in [6.07, 6.45) is 1.42. The maximum absolute atomic E-state index is 11.8. The minimum Gasteiger partial charge on any atom is -0.504 e. The second kappa shape index (κ2) is 4.88. The highest BCUT2D eigenvalue weighted by Gasteiger charge is 2.17. The first-order valence-electron chi connectivity index (χ1n) is 4.89. The first-order chi connectivity index (χ1) is 8.49. The fourth-order valence-corrected chi connectivity index (χ4v) is 1.84. The lowest BCUT2D eigenvalue weighted by Gasteiger charge is -2.07. The number of aromatic nitrogens is 1. The summed E-state index contributed by atoms with van der Waals surface area (Å²) in [6, 6.07) is 2.75. The maximum atomic E-state index is 11.8. The Kier molecular flexibility index (Phi) is 3.45. The van der Waals surface area contributed by atoms with Crippen molar-refractivity contribution in [2.75, 3.05) is 5.32 Å². The van der Waals surface area contributed by atoms with E-state index in [-0.39, 0.29) is 22.2 Å². The monoisotopic (exact) mass is 286 g/mol. The SMILES string of the molecule is Cc1cnoc1C(=O)Nc1cc(Cl)cc(Cl)c1O. The Hall–Kier alpha value is -1.72. The fourth-order valence-electron chi connectivity index (χ4n) is 1.35. The highest BCUT2D eigenvalue weighted by Crippen LogP contribution is 2.35. The number of carbonyl (C=O) groups is 1. The molecule has 1 aromatic carbocycles. The van der Waals surface area contributed by atoms with Crippen molar-refractivity contribution in [2.45, 2.75) is 6.92 Å². The predicted molar refractivity (Wildman–Crippen MR) is 67.3 cm³/mol. The molecule has 0 atom stereocenters. The van der Waals surface area contributed by atoms with Gasteiger partial charge in [-0.25, -0.2) is 0 Å². The van der Waals surface area contributed by atoms with Crippen LogP contribution in [-0.2, 0) is 0 Å². The molecule has 0 radical (unpaired) electrons. The minimum absolute atomic E-state index is 0.0482. The van der Waals surface area contributed by atoms with E-state index in [9.17, 15) is 9.90 Å². The smallest absolute Gasteiger partial charge is 0.294 e. The number of rotatable bonds is 2. The first-order valence-corrected chi connectivity index (χ1v) is 5.65. The van der Waals surface area contributed by atoms with Gasteiger partial charge in [-0.1, -0.05) is 28.4 Å². The van der Waals surface area contributed by atoms with E-state index in [1.54, 1.807) is 6.92 Å². The van der Waals surface area contributed by atoms with E-state index in [1.807, 2.05) is 0 Å². The van der Waals surface area contributed by atoms with Crippen molar-refractivity contribution in [3.05, 3.63) is 39.7 Å². The molecule has 0 aliphatic rings. The lowest BCUT2D eigenvalue weighted by molar-refractivity contribution is 0.0986. The molecule has 0 aliphatic heterocycles. The zero-order valence-electron chi connectivity index (χ0n) is 9.20. The number of anilines is 1. The first kappa shape index (κ1) is 12.7. The molecule has 2 N–H and O–H groups in total. The number of benzene rings is 1. The summed E-state index contributed by atoms with van der Waals surface area (Å²) < 4.78 is 4.79. The van der Waals surface area contributed by atoms with Gasteiger partial charge in [-0.3, -0.25) is 4.79 Å². The van der Waals surface area contributed by atoms with Gasteiger partial charge in [0.05, 0.1) is 16.9 Å². The molecule has 2 aromatic rings. The van der Waals surface area contributed by atoms with E-state index in [2.05, 4.69) is 10.5 Å². The number of phenols is 1. The van der Waals surface area contributed by atoms with Gasteiger partial charge in [-0.05, 0) is 19.1 Å². The van der Waals surface area contributed by atoms with Crippen LogP contribution in [0.4, 0.5) is 5.69 Å². The molecule has 1 aromatic heterocycles. The van der Waals surface area contributed by atoms with Crippen LogP contribution >= 0.6 is 23.2 Å². The van der Waals surface area contributed by atoms with Gasteiger partial charge >= 0.3 is 0 Å². The highest BCUT2D eigenvalue weighted by atomic mass is 35.5. The quantitative estimate of drug-likeness (QED) is 0.831. The molecule has 0 saturated heterocycles. The van der Waals surface area contributed by atoms with Crippen LogP contribution in [0.1, 0.15) is 16.1 Å². The highest BCUT2D eigenvalue weighted by molar-refractivity contribution is 6.36. The number of nitrogens with zero attached hydrogens (tertiary/aromatic N) is 1. The normalized spacial score (nSPS) is 10.4. The molecule has 5 nitrogen and oxygen atoms in total. The van der Waals surface area contributed by atoms with Gasteiger partial charge in [0.15, 0.2) is 5.75 Å². The fraction of sp³-hybridized carbons (Fsp3) is 0.0909. The number of halogens is 2.